The van der Waals surface area contributed by atoms with E-state index in [-0.39, 0.29) is 28.1 Å². The number of anilines is 1. The van der Waals surface area contributed by atoms with Gasteiger partial charge in [-0.2, -0.15) is 0 Å². The number of nitro benzene ring substituents is 1. The number of rotatable bonds is 4. The van der Waals surface area contributed by atoms with E-state index in [2.05, 4.69) is 0 Å². The lowest BCUT2D eigenvalue weighted by molar-refractivity contribution is -0.385. The number of aliphatic hydroxyl groups excluding tert-OH is 1. The van der Waals surface area contributed by atoms with Gasteiger partial charge in [0.1, 0.15) is 17.6 Å². The minimum Gasteiger partial charge on any atom is -0.507 e. The highest BCUT2D eigenvalue weighted by molar-refractivity contribution is 6.51. The molecule has 32 heavy (non-hydrogen) atoms. The van der Waals surface area contributed by atoms with Crippen molar-refractivity contribution >= 4 is 40.4 Å². The van der Waals surface area contributed by atoms with Gasteiger partial charge in [-0.15, -0.1) is 0 Å². The highest BCUT2D eigenvalue weighted by atomic mass is 35.5. The van der Waals surface area contributed by atoms with Gasteiger partial charge < -0.3 is 5.11 Å². The summed E-state index contributed by atoms with van der Waals surface area (Å²) in [4.78, 5) is 38.1. The number of Topliss-reactive ketones (excluding diaryl/α,β-unsaturated/α-hetero) is 1. The first-order valence-corrected chi connectivity index (χ1v) is 9.73. The lowest BCUT2D eigenvalue weighted by atomic mass is 9.94. The number of carbonyl (C=O) groups is 2. The van der Waals surface area contributed by atoms with Gasteiger partial charge in [0.25, 0.3) is 17.4 Å². The van der Waals surface area contributed by atoms with E-state index >= 15 is 0 Å². The van der Waals surface area contributed by atoms with Crippen molar-refractivity contribution in [2.24, 2.45) is 0 Å². The Labute approximate surface area is 186 Å². The number of nitro groups is 1. The molecule has 1 saturated heterocycles. The second-order valence-electron chi connectivity index (χ2n) is 6.97. The number of nitrogens with zero attached hydrogens (tertiary/aromatic N) is 2. The molecular formula is C23H14ClFN2O5. The molecule has 0 aromatic heterocycles. The van der Waals surface area contributed by atoms with E-state index in [9.17, 15) is 29.2 Å². The quantitative estimate of drug-likeness (QED) is 0.197. The van der Waals surface area contributed by atoms with Crippen LogP contribution in [0.5, 0.6) is 0 Å². The van der Waals surface area contributed by atoms with Crippen LogP contribution in [0.1, 0.15) is 17.2 Å². The second kappa shape index (κ2) is 8.24. The maximum Gasteiger partial charge on any atom is 0.300 e. The van der Waals surface area contributed by atoms with Crippen molar-refractivity contribution in [3.63, 3.8) is 0 Å². The third kappa shape index (κ3) is 3.61. The van der Waals surface area contributed by atoms with Crippen molar-refractivity contribution in [2.75, 3.05) is 4.90 Å². The summed E-state index contributed by atoms with van der Waals surface area (Å²) in [5.74, 6) is -3.10. The summed E-state index contributed by atoms with van der Waals surface area (Å²) in [7, 11) is 0. The molecule has 4 rings (SSSR count). The molecule has 0 radical (unpaired) electrons. The lowest BCUT2D eigenvalue weighted by Gasteiger charge is -2.25. The molecule has 1 heterocycles. The number of carbonyl (C=O) groups excluding carboxylic acids is 2. The Hall–Kier alpha value is -4.04. The van der Waals surface area contributed by atoms with Crippen LogP contribution >= 0.6 is 11.6 Å². The van der Waals surface area contributed by atoms with Crippen molar-refractivity contribution in [3.8, 4) is 0 Å². The van der Waals surface area contributed by atoms with Crippen LogP contribution < -0.4 is 4.90 Å². The van der Waals surface area contributed by atoms with Crippen LogP contribution in [-0.4, -0.2) is 21.7 Å². The molecule has 160 valence electrons. The zero-order valence-electron chi connectivity index (χ0n) is 16.2. The number of ketones is 1. The number of para-hydroxylation sites is 1. The molecule has 0 bridgehead atoms. The Balaban J connectivity index is 2.00. The summed E-state index contributed by atoms with van der Waals surface area (Å²) in [6.45, 7) is 0. The predicted octanol–water partition coefficient (Wildman–Crippen LogP) is 5.01. The van der Waals surface area contributed by atoms with Crippen molar-refractivity contribution in [2.45, 2.75) is 6.04 Å². The molecule has 0 saturated carbocycles. The minimum absolute atomic E-state index is 0.0246. The largest absolute Gasteiger partial charge is 0.507 e. The van der Waals surface area contributed by atoms with E-state index in [1.54, 1.807) is 0 Å². The molecule has 3 aromatic rings. The fourth-order valence-corrected chi connectivity index (χ4v) is 3.77. The van der Waals surface area contributed by atoms with E-state index < -0.39 is 34.2 Å². The number of halogens is 2. The van der Waals surface area contributed by atoms with Crippen LogP contribution in [0.25, 0.3) is 5.76 Å². The van der Waals surface area contributed by atoms with Crippen molar-refractivity contribution in [1.82, 2.24) is 0 Å². The zero-order chi connectivity index (χ0) is 23.0. The van der Waals surface area contributed by atoms with Crippen LogP contribution in [0.2, 0.25) is 5.02 Å². The first-order chi connectivity index (χ1) is 15.3. The van der Waals surface area contributed by atoms with E-state index in [0.29, 0.717) is 5.02 Å². The predicted molar refractivity (Wildman–Crippen MR) is 116 cm³/mol. The molecule has 1 atom stereocenters. The first kappa shape index (κ1) is 21.2. The average Bonchev–Trinajstić information content (AvgIpc) is 3.05. The minimum atomic E-state index is -1.31. The third-order valence-corrected chi connectivity index (χ3v) is 5.35. The van der Waals surface area contributed by atoms with Gasteiger partial charge in [0.15, 0.2) is 0 Å². The topological polar surface area (TPSA) is 101 Å². The smallest absolute Gasteiger partial charge is 0.300 e. The van der Waals surface area contributed by atoms with Gasteiger partial charge in [0.05, 0.1) is 16.1 Å². The monoisotopic (exact) mass is 452 g/mol. The van der Waals surface area contributed by atoms with E-state index in [4.69, 9.17) is 11.6 Å². The van der Waals surface area contributed by atoms with Crippen LogP contribution in [0.15, 0.2) is 78.4 Å². The van der Waals surface area contributed by atoms with E-state index in [1.165, 1.54) is 60.7 Å². The molecule has 1 N–H and O–H groups in total. The van der Waals surface area contributed by atoms with Gasteiger partial charge in [-0.05, 0) is 54.6 Å². The standard InChI is InChI=1S/C23H14ClFN2O5/c24-14-7-5-13(6-8-14)21(28)19-20(17-3-1-2-4-18(17)27(31)32)26(23(30)22(19)29)16-11-9-15(25)10-12-16/h1-12,20,28H. The maximum absolute atomic E-state index is 13.5. The first-order valence-electron chi connectivity index (χ1n) is 9.35. The number of aliphatic hydroxyl groups is 1. The molecule has 7 nitrogen and oxygen atoms in total. The zero-order valence-corrected chi connectivity index (χ0v) is 17.0. The summed E-state index contributed by atoms with van der Waals surface area (Å²) in [5.41, 5.74) is -0.289. The Morgan fingerprint density at radius 2 is 1.62 bits per heavy atom. The van der Waals surface area contributed by atoms with E-state index in [0.717, 1.165) is 17.0 Å². The molecule has 0 aliphatic carbocycles. The molecule has 1 amide bonds. The van der Waals surface area contributed by atoms with Crippen LogP contribution in [0, 0.1) is 15.9 Å². The summed E-state index contributed by atoms with van der Waals surface area (Å²) >= 11 is 5.89. The number of benzene rings is 3. The van der Waals surface area contributed by atoms with Crippen LogP contribution in [0.3, 0.4) is 0 Å². The number of hydrogen-bond donors (Lipinski definition) is 1. The number of amides is 1. The molecular weight excluding hydrogens is 439 g/mol. The van der Waals surface area contributed by atoms with Crippen molar-refractivity contribution < 1.29 is 24.0 Å². The molecule has 3 aromatic carbocycles. The maximum atomic E-state index is 13.5. The molecule has 1 fully saturated rings. The van der Waals surface area contributed by atoms with Crippen molar-refractivity contribution in [1.29, 1.82) is 0 Å². The normalized spacial score (nSPS) is 17.6. The van der Waals surface area contributed by atoms with Crippen LogP contribution in [-0.2, 0) is 9.59 Å². The Bertz CT molecular complexity index is 1270. The summed E-state index contributed by atoms with van der Waals surface area (Å²) in [6, 6.07) is 15.0. The fourth-order valence-electron chi connectivity index (χ4n) is 3.64. The Morgan fingerprint density at radius 1 is 1.00 bits per heavy atom. The third-order valence-electron chi connectivity index (χ3n) is 5.09. The average molecular weight is 453 g/mol. The molecule has 0 spiro atoms. The van der Waals surface area contributed by atoms with Gasteiger partial charge in [0, 0.05) is 22.3 Å². The summed E-state index contributed by atoms with van der Waals surface area (Å²) in [6.07, 6.45) is 0. The Kier molecular flexibility index (Phi) is 5.46. The van der Waals surface area contributed by atoms with E-state index in [1.807, 2.05) is 0 Å². The summed E-state index contributed by atoms with van der Waals surface area (Å²) in [5, 5.41) is 23.1. The summed E-state index contributed by atoms with van der Waals surface area (Å²) < 4.78 is 13.5. The van der Waals surface area contributed by atoms with Gasteiger partial charge in [-0.3, -0.25) is 24.6 Å². The van der Waals surface area contributed by atoms with Gasteiger partial charge >= 0.3 is 0 Å². The molecule has 1 unspecified atom stereocenters. The Morgan fingerprint density at radius 3 is 2.25 bits per heavy atom. The van der Waals surface area contributed by atoms with Crippen LogP contribution in [0.4, 0.5) is 15.8 Å². The fraction of sp³-hybridized carbons (Fsp3) is 0.0435. The molecule has 9 heteroatoms. The number of hydrogen-bond acceptors (Lipinski definition) is 5. The SMILES string of the molecule is O=C1C(=O)N(c2ccc(F)cc2)C(c2ccccc2[N+](=O)[O-])C1=C(O)c1ccc(Cl)cc1. The van der Waals surface area contributed by atoms with Gasteiger partial charge in [-0.25, -0.2) is 4.39 Å². The lowest BCUT2D eigenvalue weighted by Crippen LogP contribution is -2.29. The second-order valence-corrected chi connectivity index (χ2v) is 7.40. The van der Waals surface area contributed by atoms with Gasteiger partial charge in [-0.1, -0.05) is 23.7 Å². The highest BCUT2D eigenvalue weighted by Gasteiger charge is 2.48. The van der Waals surface area contributed by atoms with Gasteiger partial charge in [0.2, 0.25) is 0 Å². The molecule has 1 aliphatic heterocycles. The highest BCUT2D eigenvalue weighted by Crippen LogP contribution is 2.44. The van der Waals surface area contributed by atoms with Crippen molar-refractivity contribution in [3.05, 3.63) is 110 Å². The molecule has 1 aliphatic rings.